The molecule has 1 aliphatic rings. The monoisotopic (exact) mass is 520 g/mol. The largest absolute Gasteiger partial charge is 0.467 e. The Morgan fingerprint density at radius 2 is 1.66 bits per heavy atom. The highest BCUT2D eigenvalue weighted by molar-refractivity contribution is 7.89. The SMILES string of the molecule is COC(=O)C(C)(C)NC(=O)c1ccc(CN(C2CCCCC2C)S(=O)(=O)c2ccc(Cl)cc2)cc1. The highest BCUT2D eigenvalue weighted by atomic mass is 35.5. The summed E-state index contributed by atoms with van der Waals surface area (Å²) >= 11 is 5.98. The fraction of sp³-hybridized carbons (Fsp3) is 0.462. The summed E-state index contributed by atoms with van der Waals surface area (Å²) in [6.07, 6.45) is 3.86. The molecule has 0 bridgehead atoms. The summed E-state index contributed by atoms with van der Waals surface area (Å²) in [6.45, 7) is 5.42. The van der Waals surface area contributed by atoms with E-state index in [4.69, 9.17) is 16.3 Å². The van der Waals surface area contributed by atoms with Crippen molar-refractivity contribution in [1.29, 1.82) is 0 Å². The van der Waals surface area contributed by atoms with Gasteiger partial charge in [-0.15, -0.1) is 0 Å². The topological polar surface area (TPSA) is 92.8 Å². The second-order valence-electron chi connectivity index (χ2n) is 9.60. The van der Waals surface area contributed by atoms with E-state index >= 15 is 0 Å². The Labute approximate surface area is 212 Å². The van der Waals surface area contributed by atoms with Crippen LogP contribution in [0.5, 0.6) is 0 Å². The molecule has 190 valence electrons. The molecule has 0 spiro atoms. The number of ether oxygens (including phenoxy) is 1. The zero-order valence-corrected chi connectivity index (χ0v) is 22.2. The van der Waals surface area contributed by atoms with Gasteiger partial charge in [0.25, 0.3) is 5.91 Å². The van der Waals surface area contributed by atoms with Gasteiger partial charge in [-0.2, -0.15) is 4.31 Å². The number of nitrogens with zero attached hydrogens (tertiary/aromatic N) is 1. The van der Waals surface area contributed by atoms with Crippen LogP contribution in [-0.4, -0.2) is 43.3 Å². The van der Waals surface area contributed by atoms with Gasteiger partial charge in [0, 0.05) is 23.2 Å². The number of carbonyl (C=O) groups is 2. The van der Waals surface area contributed by atoms with Gasteiger partial charge in [0.1, 0.15) is 5.54 Å². The molecule has 2 unspecified atom stereocenters. The fourth-order valence-electron chi connectivity index (χ4n) is 4.45. The van der Waals surface area contributed by atoms with E-state index in [1.807, 2.05) is 0 Å². The van der Waals surface area contributed by atoms with E-state index < -0.39 is 27.4 Å². The summed E-state index contributed by atoms with van der Waals surface area (Å²) in [5.74, 6) is -0.734. The quantitative estimate of drug-likeness (QED) is 0.505. The molecule has 1 amide bonds. The van der Waals surface area contributed by atoms with Crippen LogP contribution in [0.2, 0.25) is 5.02 Å². The average molecular weight is 521 g/mol. The number of hydrogen-bond donors (Lipinski definition) is 1. The summed E-state index contributed by atoms with van der Waals surface area (Å²) in [7, 11) is -2.50. The molecule has 2 atom stereocenters. The molecule has 0 aromatic heterocycles. The minimum absolute atomic E-state index is 0.117. The van der Waals surface area contributed by atoms with Crippen LogP contribution in [0.4, 0.5) is 0 Å². The number of rotatable bonds is 8. The van der Waals surface area contributed by atoms with Gasteiger partial charge in [-0.05, 0) is 74.6 Å². The Balaban J connectivity index is 1.86. The molecule has 2 aromatic carbocycles. The predicted octanol–water partition coefficient (Wildman–Crippen LogP) is 4.79. The minimum Gasteiger partial charge on any atom is -0.467 e. The van der Waals surface area contributed by atoms with Crippen molar-refractivity contribution < 1.29 is 22.7 Å². The van der Waals surface area contributed by atoms with Crippen molar-refractivity contribution >= 4 is 33.5 Å². The van der Waals surface area contributed by atoms with Gasteiger partial charge < -0.3 is 10.1 Å². The average Bonchev–Trinajstić information content (AvgIpc) is 2.82. The number of sulfonamides is 1. The first-order valence-corrected chi connectivity index (χ1v) is 13.5. The Morgan fingerprint density at radius 3 is 2.23 bits per heavy atom. The van der Waals surface area contributed by atoms with Crippen molar-refractivity contribution in [2.75, 3.05) is 7.11 Å². The van der Waals surface area contributed by atoms with Crippen molar-refractivity contribution in [3.8, 4) is 0 Å². The van der Waals surface area contributed by atoms with Crippen molar-refractivity contribution in [1.82, 2.24) is 9.62 Å². The minimum atomic E-state index is -3.77. The standard InChI is InChI=1S/C26H33ClN2O5S/c1-18-7-5-6-8-23(18)29(35(32,33)22-15-13-21(27)14-16-22)17-19-9-11-20(12-10-19)24(30)28-26(2,3)25(31)34-4/h9-16,18,23H,5-8,17H2,1-4H3,(H,28,30). The maximum Gasteiger partial charge on any atom is 0.330 e. The summed E-state index contributed by atoms with van der Waals surface area (Å²) in [4.78, 5) is 24.7. The highest BCUT2D eigenvalue weighted by Crippen LogP contribution is 2.33. The molecule has 7 nitrogen and oxygen atoms in total. The van der Waals surface area contributed by atoms with E-state index in [0.717, 1.165) is 31.2 Å². The summed E-state index contributed by atoms with van der Waals surface area (Å²) in [6, 6.07) is 12.9. The first kappa shape index (κ1) is 27.2. The van der Waals surface area contributed by atoms with E-state index in [1.54, 1.807) is 54.6 Å². The van der Waals surface area contributed by atoms with Crippen LogP contribution in [0.25, 0.3) is 0 Å². The first-order chi connectivity index (χ1) is 16.5. The summed E-state index contributed by atoms with van der Waals surface area (Å²) in [5, 5.41) is 3.14. The first-order valence-electron chi connectivity index (χ1n) is 11.7. The smallest absolute Gasteiger partial charge is 0.330 e. The number of amides is 1. The Morgan fingerprint density at radius 1 is 1.06 bits per heavy atom. The number of nitrogens with one attached hydrogen (secondary N) is 1. The van der Waals surface area contributed by atoms with Gasteiger partial charge in [0.2, 0.25) is 10.0 Å². The van der Waals surface area contributed by atoms with Gasteiger partial charge in [-0.1, -0.05) is 43.5 Å². The van der Waals surface area contributed by atoms with Crippen molar-refractivity contribution in [3.05, 3.63) is 64.7 Å². The van der Waals surface area contributed by atoms with Crippen LogP contribution in [0.1, 0.15) is 62.4 Å². The third-order valence-electron chi connectivity index (χ3n) is 6.53. The van der Waals surface area contributed by atoms with Crippen LogP contribution in [0, 0.1) is 5.92 Å². The van der Waals surface area contributed by atoms with Crippen LogP contribution in [-0.2, 0) is 26.1 Å². The molecule has 1 fully saturated rings. The maximum absolute atomic E-state index is 13.7. The molecule has 0 radical (unpaired) electrons. The maximum atomic E-state index is 13.7. The molecule has 1 saturated carbocycles. The molecule has 9 heteroatoms. The van der Waals surface area contributed by atoms with Gasteiger partial charge in [0.05, 0.1) is 12.0 Å². The lowest BCUT2D eigenvalue weighted by Gasteiger charge is -2.37. The zero-order valence-electron chi connectivity index (χ0n) is 20.6. The lowest BCUT2D eigenvalue weighted by atomic mass is 9.86. The van der Waals surface area contributed by atoms with E-state index in [9.17, 15) is 18.0 Å². The number of carbonyl (C=O) groups excluding carboxylic acids is 2. The predicted molar refractivity (Wildman–Crippen MR) is 136 cm³/mol. The van der Waals surface area contributed by atoms with E-state index in [0.29, 0.717) is 10.6 Å². The van der Waals surface area contributed by atoms with Crippen LogP contribution >= 0.6 is 11.6 Å². The van der Waals surface area contributed by atoms with Gasteiger partial charge in [-0.25, -0.2) is 13.2 Å². The molecular formula is C26H33ClN2O5S. The Bertz CT molecular complexity index is 1150. The van der Waals surface area contributed by atoms with E-state index in [1.165, 1.54) is 19.2 Å². The number of halogens is 1. The fourth-order valence-corrected chi connectivity index (χ4v) is 6.32. The van der Waals surface area contributed by atoms with E-state index in [2.05, 4.69) is 12.2 Å². The molecule has 1 aliphatic carbocycles. The van der Waals surface area contributed by atoms with Crippen molar-refractivity contribution in [2.24, 2.45) is 5.92 Å². The molecule has 0 aliphatic heterocycles. The third-order valence-corrected chi connectivity index (χ3v) is 8.67. The molecular weight excluding hydrogens is 488 g/mol. The molecule has 1 N–H and O–H groups in total. The Kier molecular flexibility index (Phi) is 8.62. The van der Waals surface area contributed by atoms with E-state index in [-0.39, 0.29) is 23.4 Å². The van der Waals surface area contributed by atoms with Crippen LogP contribution in [0.3, 0.4) is 0 Å². The highest BCUT2D eigenvalue weighted by Gasteiger charge is 2.36. The molecule has 2 aromatic rings. The lowest BCUT2D eigenvalue weighted by molar-refractivity contribution is -0.146. The number of esters is 1. The summed E-state index contributed by atoms with van der Waals surface area (Å²) in [5.41, 5.74) is -0.0431. The molecule has 0 saturated heterocycles. The normalized spacial score (nSPS) is 18.8. The summed E-state index contributed by atoms with van der Waals surface area (Å²) < 4.78 is 33.7. The van der Waals surface area contributed by atoms with Gasteiger partial charge in [-0.3, -0.25) is 4.79 Å². The number of methoxy groups -OCH3 is 1. The molecule has 35 heavy (non-hydrogen) atoms. The van der Waals surface area contributed by atoms with Crippen LogP contribution in [0.15, 0.2) is 53.4 Å². The molecule has 3 rings (SSSR count). The number of benzene rings is 2. The van der Waals surface area contributed by atoms with Gasteiger partial charge in [0.15, 0.2) is 0 Å². The second kappa shape index (κ2) is 11.1. The lowest BCUT2D eigenvalue weighted by Crippen LogP contribution is -2.50. The van der Waals surface area contributed by atoms with Crippen LogP contribution < -0.4 is 5.32 Å². The third kappa shape index (κ3) is 6.42. The zero-order chi connectivity index (χ0) is 25.8. The van der Waals surface area contributed by atoms with Gasteiger partial charge >= 0.3 is 5.97 Å². The Hall–Kier alpha value is -2.42. The molecule has 0 heterocycles. The van der Waals surface area contributed by atoms with Crippen molar-refractivity contribution in [2.45, 2.75) is 69.5 Å². The second-order valence-corrected chi connectivity index (χ2v) is 11.9. The number of hydrogen-bond acceptors (Lipinski definition) is 5. The van der Waals surface area contributed by atoms with Crippen molar-refractivity contribution in [3.63, 3.8) is 0 Å².